The maximum atomic E-state index is 14.4. The molecular weight excluding hydrogens is 342 g/mol. The Morgan fingerprint density at radius 1 is 1.38 bits per heavy atom. The summed E-state index contributed by atoms with van der Waals surface area (Å²) in [6, 6.07) is 2.06. The topological polar surface area (TPSA) is 42.7 Å². The molecular formula is C14H17BrF2N4. The highest BCUT2D eigenvalue weighted by Gasteiger charge is 2.27. The van der Waals surface area contributed by atoms with Crippen LogP contribution in [0.1, 0.15) is 36.2 Å². The molecule has 0 aliphatic heterocycles. The van der Waals surface area contributed by atoms with Gasteiger partial charge in [-0.3, -0.25) is 0 Å². The van der Waals surface area contributed by atoms with Gasteiger partial charge in [0.25, 0.3) is 0 Å². The largest absolute Gasteiger partial charge is 0.305 e. The van der Waals surface area contributed by atoms with Crippen molar-refractivity contribution in [2.24, 2.45) is 7.05 Å². The van der Waals surface area contributed by atoms with E-state index in [-0.39, 0.29) is 5.56 Å². The zero-order chi connectivity index (χ0) is 15.6. The van der Waals surface area contributed by atoms with Crippen LogP contribution >= 0.6 is 15.9 Å². The Kier molecular flexibility index (Phi) is 5.05. The van der Waals surface area contributed by atoms with E-state index in [1.807, 2.05) is 6.92 Å². The molecule has 0 spiro atoms. The number of rotatable bonds is 5. The minimum Gasteiger partial charge on any atom is -0.305 e. The summed E-state index contributed by atoms with van der Waals surface area (Å²) in [5, 5.41) is 11.0. The molecule has 1 aromatic heterocycles. The van der Waals surface area contributed by atoms with Gasteiger partial charge in [0.1, 0.15) is 11.6 Å². The summed E-state index contributed by atoms with van der Waals surface area (Å²) in [4.78, 5) is 0. The van der Waals surface area contributed by atoms with Crippen molar-refractivity contribution in [1.82, 2.24) is 20.3 Å². The molecule has 1 atom stereocenters. The molecule has 7 heteroatoms. The second-order valence-corrected chi connectivity index (χ2v) is 5.62. The lowest BCUT2D eigenvalue weighted by molar-refractivity contribution is 0.481. The molecule has 2 aromatic rings. The molecule has 0 saturated heterocycles. The van der Waals surface area contributed by atoms with E-state index in [4.69, 9.17) is 0 Å². The van der Waals surface area contributed by atoms with Crippen LogP contribution in [0.5, 0.6) is 0 Å². The van der Waals surface area contributed by atoms with E-state index in [2.05, 4.69) is 31.6 Å². The number of nitrogens with zero attached hydrogens (tertiary/aromatic N) is 3. The van der Waals surface area contributed by atoms with Gasteiger partial charge in [0, 0.05) is 12.6 Å². The molecule has 21 heavy (non-hydrogen) atoms. The zero-order valence-electron chi connectivity index (χ0n) is 12.1. The van der Waals surface area contributed by atoms with Crippen LogP contribution in [0, 0.1) is 18.6 Å². The zero-order valence-corrected chi connectivity index (χ0v) is 13.7. The van der Waals surface area contributed by atoms with E-state index in [0.717, 1.165) is 6.42 Å². The Balaban J connectivity index is 2.59. The number of halogens is 3. The molecule has 0 bridgehead atoms. The fourth-order valence-corrected chi connectivity index (χ4v) is 2.77. The van der Waals surface area contributed by atoms with Crippen LogP contribution in [0.25, 0.3) is 0 Å². The van der Waals surface area contributed by atoms with E-state index in [9.17, 15) is 8.78 Å². The van der Waals surface area contributed by atoms with Crippen LogP contribution in [-0.2, 0) is 7.05 Å². The van der Waals surface area contributed by atoms with E-state index < -0.39 is 17.7 Å². The van der Waals surface area contributed by atoms with Gasteiger partial charge >= 0.3 is 0 Å². The Morgan fingerprint density at radius 3 is 2.67 bits per heavy atom. The van der Waals surface area contributed by atoms with E-state index in [0.29, 0.717) is 22.4 Å². The predicted molar refractivity (Wildman–Crippen MR) is 79.9 cm³/mol. The maximum Gasteiger partial charge on any atom is 0.153 e. The molecule has 114 valence electrons. The third kappa shape index (κ3) is 3.13. The van der Waals surface area contributed by atoms with Gasteiger partial charge in [-0.2, -0.15) is 0 Å². The summed E-state index contributed by atoms with van der Waals surface area (Å²) >= 11 is 3.30. The Bertz CT molecular complexity index is 623. The summed E-state index contributed by atoms with van der Waals surface area (Å²) in [5.41, 5.74) is 0.988. The lowest BCUT2D eigenvalue weighted by Gasteiger charge is -2.21. The number of aryl methyl sites for hydroxylation is 2. The molecule has 0 radical (unpaired) electrons. The molecule has 1 unspecified atom stereocenters. The first kappa shape index (κ1) is 16.0. The first-order chi connectivity index (χ1) is 9.97. The third-order valence-corrected chi connectivity index (χ3v) is 3.87. The van der Waals surface area contributed by atoms with Crippen molar-refractivity contribution in [1.29, 1.82) is 0 Å². The monoisotopic (exact) mass is 358 g/mol. The fourth-order valence-electron chi connectivity index (χ4n) is 2.21. The number of hydrogen-bond donors (Lipinski definition) is 1. The molecule has 0 aliphatic rings. The lowest BCUT2D eigenvalue weighted by atomic mass is 10.00. The second kappa shape index (κ2) is 6.62. The molecule has 0 amide bonds. The van der Waals surface area contributed by atoms with Gasteiger partial charge in [0.15, 0.2) is 4.60 Å². The number of benzene rings is 1. The van der Waals surface area contributed by atoms with Gasteiger partial charge in [-0.25, -0.2) is 13.5 Å². The van der Waals surface area contributed by atoms with Crippen molar-refractivity contribution in [3.63, 3.8) is 0 Å². The van der Waals surface area contributed by atoms with E-state index in [1.54, 1.807) is 14.0 Å². The van der Waals surface area contributed by atoms with Crippen LogP contribution < -0.4 is 5.32 Å². The highest BCUT2D eigenvalue weighted by Crippen LogP contribution is 2.31. The van der Waals surface area contributed by atoms with Crippen LogP contribution in [0.2, 0.25) is 0 Å². The summed E-state index contributed by atoms with van der Waals surface area (Å²) in [5.74, 6) is -1.13. The van der Waals surface area contributed by atoms with Gasteiger partial charge in [-0.1, -0.05) is 18.2 Å². The highest BCUT2D eigenvalue weighted by atomic mass is 79.9. The molecule has 0 aliphatic carbocycles. The van der Waals surface area contributed by atoms with Gasteiger partial charge in [0.2, 0.25) is 0 Å². The van der Waals surface area contributed by atoms with Crippen LogP contribution in [0.3, 0.4) is 0 Å². The fraction of sp³-hybridized carbons (Fsp3) is 0.429. The SMILES string of the molecule is CCCNC(c1c(F)ccc(C)c1F)c1c(Br)nnn1C. The van der Waals surface area contributed by atoms with Crippen molar-refractivity contribution in [3.8, 4) is 0 Å². The third-order valence-electron chi connectivity index (χ3n) is 3.31. The van der Waals surface area contributed by atoms with Crippen molar-refractivity contribution in [2.45, 2.75) is 26.3 Å². The molecule has 4 nitrogen and oxygen atoms in total. The van der Waals surface area contributed by atoms with Crippen molar-refractivity contribution >= 4 is 15.9 Å². The van der Waals surface area contributed by atoms with Crippen LogP contribution in [0.15, 0.2) is 16.7 Å². The highest BCUT2D eigenvalue weighted by molar-refractivity contribution is 9.10. The molecule has 1 aromatic carbocycles. The van der Waals surface area contributed by atoms with Gasteiger partial charge < -0.3 is 5.32 Å². The van der Waals surface area contributed by atoms with Gasteiger partial charge in [-0.15, -0.1) is 5.10 Å². The Labute approximate surface area is 130 Å². The quantitative estimate of drug-likeness (QED) is 0.891. The summed E-state index contributed by atoms with van der Waals surface area (Å²) in [6.45, 7) is 4.23. The molecule has 2 rings (SSSR count). The first-order valence-corrected chi connectivity index (χ1v) is 7.49. The minimum absolute atomic E-state index is 0.00505. The smallest absolute Gasteiger partial charge is 0.153 e. The summed E-state index contributed by atoms with van der Waals surface area (Å²) in [6.07, 6.45) is 0.842. The predicted octanol–water partition coefficient (Wildman–Crippen LogP) is 3.25. The normalized spacial score (nSPS) is 12.7. The molecule has 1 N–H and O–H groups in total. The summed E-state index contributed by atoms with van der Waals surface area (Å²) in [7, 11) is 1.69. The molecule has 0 fully saturated rings. The van der Waals surface area contributed by atoms with Crippen molar-refractivity contribution < 1.29 is 8.78 Å². The maximum absolute atomic E-state index is 14.4. The van der Waals surface area contributed by atoms with Crippen LogP contribution in [-0.4, -0.2) is 21.5 Å². The van der Waals surface area contributed by atoms with E-state index >= 15 is 0 Å². The van der Waals surface area contributed by atoms with Gasteiger partial charge in [0.05, 0.1) is 11.7 Å². The average Bonchev–Trinajstić information content (AvgIpc) is 2.78. The second-order valence-electron chi connectivity index (χ2n) is 4.87. The first-order valence-electron chi connectivity index (χ1n) is 6.70. The van der Waals surface area contributed by atoms with Gasteiger partial charge in [-0.05, 0) is 47.4 Å². The van der Waals surface area contributed by atoms with Crippen molar-refractivity contribution in [3.05, 3.63) is 45.2 Å². The lowest BCUT2D eigenvalue weighted by Crippen LogP contribution is -2.27. The molecule has 0 saturated carbocycles. The van der Waals surface area contributed by atoms with Crippen LogP contribution in [0.4, 0.5) is 8.78 Å². The minimum atomic E-state index is -0.653. The number of nitrogens with one attached hydrogen (secondary N) is 1. The summed E-state index contributed by atoms with van der Waals surface area (Å²) < 4.78 is 30.7. The Morgan fingerprint density at radius 2 is 2.10 bits per heavy atom. The average molecular weight is 359 g/mol. The van der Waals surface area contributed by atoms with Crippen molar-refractivity contribution in [2.75, 3.05) is 6.54 Å². The van der Waals surface area contributed by atoms with E-state index in [1.165, 1.54) is 16.8 Å². The standard InChI is InChI=1S/C14H17BrF2N4/c1-4-7-18-12(13-14(15)19-20-21(13)3)10-9(16)6-5-8(2)11(10)17/h5-6,12,18H,4,7H2,1-3H3. The number of aromatic nitrogens is 3. The Hall–Kier alpha value is -1.34. The number of hydrogen-bond acceptors (Lipinski definition) is 3. The molecule has 1 heterocycles.